The second-order valence-corrected chi connectivity index (χ2v) is 17.1. The van der Waals surface area contributed by atoms with Crippen molar-refractivity contribution in [1.82, 2.24) is 5.01 Å². The summed E-state index contributed by atoms with van der Waals surface area (Å²) in [6, 6.07) is 22.8. The van der Waals surface area contributed by atoms with Gasteiger partial charge in [-0.25, -0.2) is 14.6 Å². The van der Waals surface area contributed by atoms with Gasteiger partial charge in [0.25, 0.3) is 5.91 Å². The number of ether oxygens (including phenoxy) is 2. The number of hydrogen-bond donors (Lipinski definition) is 1. The molecule has 2 amide bonds. The first kappa shape index (κ1) is 47.7. The summed E-state index contributed by atoms with van der Waals surface area (Å²) in [5, 5.41) is 6.01. The number of carbonyl (C=O) groups excluding carboxylic acids is 5. The summed E-state index contributed by atoms with van der Waals surface area (Å²) < 4.78 is 11.3. The number of rotatable bonds is 24. The topological polar surface area (TPSA) is 122 Å². The third-order valence-electron chi connectivity index (χ3n) is 10.7. The molecule has 3 atom stereocenters. The molecule has 1 saturated heterocycles. The van der Waals surface area contributed by atoms with Gasteiger partial charge in [-0.3, -0.25) is 19.4 Å². The number of ketones is 1. The fourth-order valence-corrected chi connectivity index (χ4v) is 7.48. The number of halogens is 1. The molecule has 60 heavy (non-hydrogen) atoms. The lowest BCUT2D eigenvalue weighted by molar-refractivity contribution is -0.154. The van der Waals surface area contributed by atoms with Gasteiger partial charge < -0.3 is 14.8 Å². The van der Waals surface area contributed by atoms with E-state index in [2.05, 4.69) is 18.8 Å². The van der Waals surface area contributed by atoms with Gasteiger partial charge in [0.1, 0.15) is 11.8 Å². The second kappa shape index (κ2) is 23.7. The summed E-state index contributed by atoms with van der Waals surface area (Å²) in [6.45, 7) is 14.0. The Bertz CT molecular complexity index is 1900. The van der Waals surface area contributed by atoms with Gasteiger partial charge >= 0.3 is 11.9 Å². The van der Waals surface area contributed by atoms with Crippen molar-refractivity contribution in [2.75, 3.05) is 16.9 Å². The molecule has 11 heteroatoms. The molecule has 0 spiro atoms. The summed E-state index contributed by atoms with van der Waals surface area (Å²) in [6.07, 6.45) is 12.2. The highest BCUT2D eigenvalue weighted by Crippen LogP contribution is 2.41. The van der Waals surface area contributed by atoms with Crippen LogP contribution in [0.15, 0.2) is 91.1 Å². The van der Waals surface area contributed by atoms with Gasteiger partial charge in [0.15, 0.2) is 11.9 Å². The first-order chi connectivity index (χ1) is 28.8. The standard InChI is InChI=1S/C49H64ClN3O7/c1-7-9-11-12-13-14-15-16-17-24-32-59-48(58)41(29-10-8-2)60-47(57)37-30-31-39(50)40(33-37)51-45(55)43(44(54)49(4,5)6)42-35(3)53(38-27-22-19-23-28-38)52(46(42)56)34-36-25-20-18-21-26-36/h18-23,25-28,30-31,33,41-43H,3,7-17,24,29,32,34H2,1-2,4-6H3,(H,51,55). The summed E-state index contributed by atoms with van der Waals surface area (Å²) >= 11 is 6.59. The van der Waals surface area contributed by atoms with Crippen molar-refractivity contribution < 1.29 is 33.4 Å². The lowest BCUT2D eigenvalue weighted by Crippen LogP contribution is -2.44. The molecule has 0 aromatic heterocycles. The highest BCUT2D eigenvalue weighted by Gasteiger charge is 2.52. The molecule has 3 aromatic rings. The van der Waals surface area contributed by atoms with Crippen LogP contribution in [-0.4, -0.2) is 47.3 Å². The number of esters is 2. The van der Waals surface area contributed by atoms with Crippen molar-refractivity contribution in [3.8, 4) is 0 Å². The van der Waals surface area contributed by atoms with Crippen LogP contribution < -0.4 is 10.3 Å². The Morgan fingerprint density at radius 3 is 1.98 bits per heavy atom. The SMILES string of the molecule is C=C1C(C(C(=O)Nc2cc(C(=O)OC(CCCC)C(=O)OCCCCCCCCCCCC)ccc2Cl)C(=O)C(C)(C)C)C(=O)N(Cc2ccccc2)N1c1ccccc1. The minimum atomic E-state index is -1.51. The number of hydrazine groups is 1. The van der Waals surface area contributed by atoms with Crippen LogP contribution in [-0.2, 0) is 35.2 Å². The highest BCUT2D eigenvalue weighted by molar-refractivity contribution is 6.34. The Labute approximate surface area is 362 Å². The number of para-hydroxylation sites is 1. The van der Waals surface area contributed by atoms with Gasteiger partial charge in [0, 0.05) is 11.1 Å². The Kier molecular flexibility index (Phi) is 18.9. The van der Waals surface area contributed by atoms with Crippen molar-refractivity contribution in [3.63, 3.8) is 0 Å². The van der Waals surface area contributed by atoms with Gasteiger partial charge in [-0.1, -0.05) is 166 Å². The van der Waals surface area contributed by atoms with Gasteiger partial charge in [0.05, 0.1) is 35.1 Å². The van der Waals surface area contributed by atoms with Crippen LogP contribution in [0.1, 0.15) is 134 Å². The van der Waals surface area contributed by atoms with Crippen LogP contribution in [0, 0.1) is 17.3 Å². The van der Waals surface area contributed by atoms with E-state index in [0.717, 1.165) is 31.2 Å². The number of carbonyl (C=O) groups is 5. The molecule has 1 fully saturated rings. The third kappa shape index (κ3) is 13.5. The van der Waals surface area contributed by atoms with Crippen LogP contribution in [0.2, 0.25) is 5.02 Å². The Morgan fingerprint density at radius 1 is 0.800 bits per heavy atom. The van der Waals surface area contributed by atoms with E-state index in [0.29, 0.717) is 18.5 Å². The number of benzene rings is 3. The number of unbranched alkanes of at least 4 members (excludes halogenated alkanes) is 10. The predicted octanol–water partition coefficient (Wildman–Crippen LogP) is 11.3. The van der Waals surface area contributed by atoms with E-state index in [1.807, 2.05) is 67.6 Å². The number of nitrogens with one attached hydrogen (secondary N) is 1. The smallest absolute Gasteiger partial charge is 0.347 e. The maximum Gasteiger partial charge on any atom is 0.347 e. The van der Waals surface area contributed by atoms with Gasteiger partial charge in [-0.05, 0) is 55.2 Å². The normalized spacial score (nSPS) is 15.1. The number of anilines is 2. The molecule has 0 aliphatic carbocycles. The number of amides is 2. The maximum absolute atomic E-state index is 14.5. The number of hydrogen-bond acceptors (Lipinski definition) is 8. The third-order valence-corrected chi connectivity index (χ3v) is 11.1. The zero-order chi connectivity index (χ0) is 43.7. The Balaban J connectivity index is 1.49. The molecule has 3 unspecified atom stereocenters. The minimum Gasteiger partial charge on any atom is -0.463 e. The van der Waals surface area contributed by atoms with E-state index in [-0.39, 0.29) is 35.1 Å². The van der Waals surface area contributed by atoms with Crippen LogP contribution >= 0.6 is 11.6 Å². The molecule has 324 valence electrons. The quantitative estimate of drug-likeness (QED) is 0.0537. The first-order valence-corrected chi connectivity index (χ1v) is 22.1. The zero-order valence-electron chi connectivity index (χ0n) is 36.2. The minimum absolute atomic E-state index is 0.0306. The van der Waals surface area contributed by atoms with E-state index >= 15 is 0 Å². The van der Waals surface area contributed by atoms with Crippen molar-refractivity contribution in [1.29, 1.82) is 0 Å². The van der Waals surface area contributed by atoms with E-state index < -0.39 is 52.9 Å². The summed E-state index contributed by atoms with van der Waals surface area (Å²) in [4.78, 5) is 69.9. The molecule has 1 heterocycles. The zero-order valence-corrected chi connectivity index (χ0v) is 36.9. The first-order valence-electron chi connectivity index (χ1n) is 21.7. The average Bonchev–Trinajstić information content (AvgIpc) is 3.46. The van der Waals surface area contributed by atoms with E-state index in [1.165, 1.54) is 68.2 Å². The molecule has 1 aliphatic rings. The van der Waals surface area contributed by atoms with Gasteiger partial charge in [0.2, 0.25) is 5.91 Å². The molecule has 10 nitrogen and oxygen atoms in total. The molecule has 4 rings (SSSR count). The Hall–Kier alpha value is -4.96. The maximum atomic E-state index is 14.5. The summed E-state index contributed by atoms with van der Waals surface area (Å²) in [7, 11) is 0. The van der Waals surface area contributed by atoms with Crippen LogP contribution in [0.5, 0.6) is 0 Å². The van der Waals surface area contributed by atoms with E-state index in [1.54, 1.807) is 25.8 Å². The van der Waals surface area contributed by atoms with Crippen LogP contribution in [0.25, 0.3) is 0 Å². The van der Waals surface area contributed by atoms with Crippen LogP contribution in [0.4, 0.5) is 11.4 Å². The molecular weight excluding hydrogens is 778 g/mol. The van der Waals surface area contributed by atoms with Crippen molar-refractivity contribution in [2.24, 2.45) is 17.3 Å². The fourth-order valence-electron chi connectivity index (χ4n) is 7.32. The second-order valence-electron chi connectivity index (χ2n) is 16.7. The lowest BCUT2D eigenvalue weighted by Gasteiger charge is -2.30. The largest absolute Gasteiger partial charge is 0.463 e. The van der Waals surface area contributed by atoms with Crippen molar-refractivity contribution >= 4 is 52.5 Å². The molecule has 0 saturated carbocycles. The monoisotopic (exact) mass is 841 g/mol. The molecule has 1 N–H and O–H groups in total. The number of nitrogens with zero attached hydrogens (tertiary/aromatic N) is 2. The van der Waals surface area contributed by atoms with Gasteiger partial charge in [-0.15, -0.1) is 0 Å². The Morgan fingerprint density at radius 2 is 1.38 bits per heavy atom. The predicted molar refractivity (Wildman–Crippen MR) is 238 cm³/mol. The van der Waals surface area contributed by atoms with Crippen molar-refractivity contribution in [3.05, 3.63) is 107 Å². The lowest BCUT2D eigenvalue weighted by atomic mass is 9.75. The molecule has 0 radical (unpaired) electrons. The summed E-state index contributed by atoms with van der Waals surface area (Å²) in [5.74, 6) is -5.87. The van der Waals surface area contributed by atoms with Gasteiger partial charge in [-0.2, -0.15) is 0 Å². The molecule has 0 bridgehead atoms. The van der Waals surface area contributed by atoms with Crippen molar-refractivity contribution in [2.45, 2.75) is 131 Å². The molecular formula is C49H64ClN3O7. The molecule has 3 aromatic carbocycles. The number of Topliss-reactive ketones (excluding diaryl/α,β-unsaturated/α-hetero) is 1. The van der Waals surface area contributed by atoms with E-state index in [9.17, 15) is 24.0 Å². The summed E-state index contributed by atoms with van der Waals surface area (Å²) in [5.41, 5.74) is 0.792. The van der Waals surface area contributed by atoms with E-state index in [4.69, 9.17) is 21.1 Å². The highest BCUT2D eigenvalue weighted by atomic mass is 35.5. The fraction of sp³-hybridized carbons (Fsp3) is 0.490. The molecule has 1 aliphatic heterocycles. The van der Waals surface area contributed by atoms with Crippen LogP contribution in [0.3, 0.4) is 0 Å². The average molecular weight is 843 g/mol.